The van der Waals surface area contributed by atoms with Crippen molar-refractivity contribution in [3.05, 3.63) is 82.4 Å². The van der Waals surface area contributed by atoms with Gasteiger partial charge in [-0.1, -0.05) is 42.3 Å². The van der Waals surface area contributed by atoms with Gasteiger partial charge in [0.2, 0.25) is 5.91 Å². The minimum Gasteiger partial charge on any atom is -0.495 e. The number of benzene rings is 2. The first-order chi connectivity index (χ1) is 27.4. The number of aliphatic hydroxyl groups is 1. The lowest BCUT2D eigenvalue weighted by Gasteiger charge is -2.41. The Labute approximate surface area is 342 Å². The molecule has 2 amide bonds. The molecule has 3 aliphatic rings. The van der Waals surface area contributed by atoms with Gasteiger partial charge in [-0.2, -0.15) is 0 Å². The first kappa shape index (κ1) is 42.6. The van der Waals surface area contributed by atoms with Gasteiger partial charge < -0.3 is 44.3 Å². The van der Waals surface area contributed by atoms with Gasteiger partial charge in [-0.05, 0) is 75.2 Å². The minimum atomic E-state index is -1.60. The molecule has 14 nitrogen and oxygen atoms in total. The van der Waals surface area contributed by atoms with E-state index in [2.05, 4.69) is 4.98 Å². The molecule has 4 heterocycles. The number of rotatable bonds is 6. The van der Waals surface area contributed by atoms with E-state index in [1.807, 2.05) is 19.9 Å². The summed E-state index contributed by atoms with van der Waals surface area (Å²) >= 11 is 6.80. The molecule has 0 aliphatic carbocycles. The van der Waals surface area contributed by atoms with Crippen LogP contribution in [0.5, 0.6) is 5.75 Å². The summed E-state index contributed by atoms with van der Waals surface area (Å²) in [5.74, 6) is -2.06. The number of nitrogens with two attached hydrogens (primary N) is 1. The van der Waals surface area contributed by atoms with Crippen molar-refractivity contribution in [2.45, 2.75) is 95.0 Å². The molecule has 0 radical (unpaired) electrons. The molecule has 2 saturated heterocycles. The fraction of sp³-hybridized carbons (Fsp3) is 0.465. The zero-order valence-electron chi connectivity index (χ0n) is 34.0. The molecule has 15 heteroatoms. The number of carbonyl (C=O) groups excluding carboxylic acids is 4. The Balaban J connectivity index is 1.34. The van der Waals surface area contributed by atoms with Gasteiger partial charge in [0.05, 0.1) is 37.3 Å². The van der Waals surface area contributed by atoms with E-state index in [1.165, 1.54) is 38.0 Å². The summed E-state index contributed by atoms with van der Waals surface area (Å²) in [5.41, 5.74) is 6.04. The summed E-state index contributed by atoms with van der Waals surface area (Å²) in [7, 11) is 6.02. The number of methoxy groups -OCH3 is 2. The normalized spacial score (nSPS) is 29.7. The van der Waals surface area contributed by atoms with Gasteiger partial charge in [0.15, 0.2) is 0 Å². The predicted octanol–water partition coefficient (Wildman–Crippen LogP) is 5.21. The highest BCUT2D eigenvalue weighted by Gasteiger charge is 2.64. The molecule has 2 fully saturated rings. The van der Waals surface area contributed by atoms with E-state index in [-0.39, 0.29) is 24.3 Å². The topological polar surface area (TPSA) is 183 Å². The molecular formula is C43H51ClN4O10. The van der Waals surface area contributed by atoms with Crippen LogP contribution >= 0.6 is 11.6 Å². The quantitative estimate of drug-likeness (QED) is 0.245. The van der Waals surface area contributed by atoms with Crippen LogP contribution in [0.3, 0.4) is 0 Å². The van der Waals surface area contributed by atoms with E-state index >= 15 is 0 Å². The lowest BCUT2D eigenvalue weighted by atomic mass is 9.78. The van der Waals surface area contributed by atoms with Crippen LogP contribution in [-0.2, 0) is 39.8 Å². The van der Waals surface area contributed by atoms with Crippen molar-refractivity contribution in [2.24, 2.45) is 5.92 Å². The van der Waals surface area contributed by atoms with Crippen molar-refractivity contribution in [3.8, 4) is 5.75 Å². The van der Waals surface area contributed by atoms with Crippen LogP contribution in [0, 0.1) is 5.92 Å². The third-order valence-electron chi connectivity index (χ3n) is 11.7. The number of nitrogens with zero attached hydrogens (tertiary/aromatic N) is 3. The summed E-state index contributed by atoms with van der Waals surface area (Å²) in [6.45, 7) is 7.01. The largest absolute Gasteiger partial charge is 0.495 e. The van der Waals surface area contributed by atoms with Crippen LogP contribution in [0.1, 0.15) is 62.9 Å². The number of nitrogen functional groups attached to an aromatic ring is 1. The first-order valence-corrected chi connectivity index (χ1v) is 19.5. The van der Waals surface area contributed by atoms with Gasteiger partial charge in [-0.15, -0.1) is 0 Å². The number of anilines is 2. The highest BCUT2D eigenvalue weighted by molar-refractivity contribution is 6.35. The fourth-order valence-electron chi connectivity index (χ4n) is 7.91. The Morgan fingerprint density at radius 1 is 1.16 bits per heavy atom. The van der Waals surface area contributed by atoms with Crippen molar-refractivity contribution >= 4 is 57.8 Å². The van der Waals surface area contributed by atoms with E-state index in [4.69, 9.17) is 41.0 Å². The molecule has 3 aromatic rings. The van der Waals surface area contributed by atoms with Gasteiger partial charge in [0.1, 0.15) is 52.1 Å². The molecule has 58 heavy (non-hydrogen) atoms. The smallest absolute Gasteiger partial charge is 0.328 e. The van der Waals surface area contributed by atoms with E-state index in [1.54, 1.807) is 68.6 Å². The van der Waals surface area contributed by atoms with Gasteiger partial charge in [0.25, 0.3) is 5.91 Å². The van der Waals surface area contributed by atoms with E-state index in [9.17, 15) is 24.3 Å². The molecule has 0 unspecified atom stereocenters. The van der Waals surface area contributed by atoms with Gasteiger partial charge in [-0.25, -0.2) is 9.78 Å². The third-order valence-corrected chi connectivity index (χ3v) is 12.0. The Morgan fingerprint density at radius 2 is 1.90 bits per heavy atom. The minimum absolute atomic E-state index is 0.0415. The molecule has 310 valence electrons. The lowest BCUT2D eigenvalue weighted by molar-refractivity contribution is -0.187. The number of likely N-dealkylation sites (N-methyl/N-ethyl adjacent to an activating group) is 1. The second-order valence-electron chi connectivity index (χ2n) is 15.8. The monoisotopic (exact) mass is 818 g/mol. The summed E-state index contributed by atoms with van der Waals surface area (Å²) in [5, 5.41) is 12.8. The average molecular weight is 819 g/mol. The molecule has 2 aromatic carbocycles. The Kier molecular flexibility index (Phi) is 12.3. The number of epoxide rings is 1. The summed E-state index contributed by atoms with van der Waals surface area (Å²) in [6, 6.07) is 10.9. The highest BCUT2D eigenvalue weighted by Crippen LogP contribution is 2.50. The third kappa shape index (κ3) is 8.56. The van der Waals surface area contributed by atoms with E-state index in [0.29, 0.717) is 40.1 Å². The molecule has 8 atom stereocenters. The highest BCUT2D eigenvalue weighted by atomic mass is 35.5. The molecule has 3 aliphatic heterocycles. The number of pyridine rings is 1. The predicted molar refractivity (Wildman–Crippen MR) is 218 cm³/mol. The van der Waals surface area contributed by atoms with Crippen molar-refractivity contribution in [1.29, 1.82) is 0 Å². The zero-order valence-corrected chi connectivity index (χ0v) is 34.7. The van der Waals surface area contributed by atoms with Crippen LogP contribution in [0.4, 0.5) is 11.5 Å². The Bertz CT molecular complexity index is 2180. The van der Waals surface area contributed by atoms with Gasteiger partial charge in [-0.3, -0.25) is 14.4 Å². The Hall–Kier alpha value is -5.02. The maximum absolute atomic E-state index is 14.3. The number of fused-ring (bicyclic) bond motifs is 6. The Morgan fingerprint density at radius 3 is 2.60 bits per heavy atom. The number of aromatic nitrogens is 1. The fourth-order valence-corrected chi connectivity index (χ4v) is 8.22. The van der Waals surface area contributed by atoms with Gasteiger partial charge in [0, 0.05) is 44.5 Å². The maximum atomic E-state index is 14.3. The molecule has 0 saturated carbocycles. The first-order valence-electron chi connectivity index (χ1n) is 19.1. The zero-order chi connectivity index (χ0) is 42.3. The van der Waals surface area contributed by atoms with Crippen molar-refractivity contribution in [3.63, 3.8) is 0 Å². The maximum Gasteiger partial charge on any atom is 0.328 e. The number of ether oxygens (including phenoxy) is 5. The molecule has 6 rings (SSSR count). The second kappa shape index (κ2) is 16.7. The van der Waals surface area contributed by atoms with Crippen molar-refractivity contribution in [1.82, 2.24) is 9.88 Å². The SMILES string of the molecule is COc1cc2cc(c1Cl)N(C)C(=O)C[C@H](OC(=O)[C@H](C)N(C)C(=O)c1ccc3nc(N)ccc3c1)[C@]1(C)O[C@H]1[C@H](C)[C@@H]1C[C@@](O)(CC(=O)O1)[C@H](OC)/C=C/C=C(\C)C2. The summed E-state index contributed by atoms with van der Waals surface area (Å²) < 4.78 is 29.6. The number of allylic oxidation sites excluding steroid dienone is 3. The van der Waals surface area contributed by atoms with E-state index < -0.39 is 71.3 Å². The summed E-state index contributed by atoms with van der Waals surface area (Å²) in [4.78, 5) is 61.9. The van der Waals surface area contributed by atoms with Crippen LogP contribution in [0.2, 0.25) is 5.02 Å². The number of hydrogen-bond acceptors (Lipinski definition) is 12. The number of carbonyl (C=O) groups is 4. The standard InChI is InChI=1S/C43H51ClN4O10/c1-23-10-9-11-33(55-8)43(53)21-32(56-37(50)22-43)24(2)39-42(4,58-39)34(20-36(49)48(6)30-17-26(16-23)18-31(54-7)38(30)44)57-41(52)25(3)47(5)40(51)28-12-14-29-27(19-28)13-15-35(45)46-29/h9-15,17-19,24-25,32-34,39,53H,16,20-22H2,1-8H3,(H2,45,46)/b11-9+,23-10+/t24-,25+,32+,33-,34+,39+,42+,43-/m1/s1. The molecule has 4 bridgehead atoms. The van der Waals surface area contributed by atoms with Crippen LogP contribution < -0.4 is 15.4 Å². The van der Waals surface area contributed by atoms with Crippen molar-refractivity contribution in [2.75, 3.05) is 38.9 Å². The van der Waals surface area contributed by atoms with E-state index in [0.717, 1.165) is 11.1 Å². The summed E-state index contributed by atoms with van der Waals surface area (Å²) in [6.07, 6.45) is 1.76. The van der Waals surface area contributed by atoms with Crippen LogP contribution in [0.15, 0.2) is 66.3 Å². The van der Waals surface area contributed by atoms with Crippen LogP contribution in [0.25, 0.3) is 10.9 Å². The number of amides is 2. The molecule has 0 spiro atoms. The number of halogens is 1. The second-order valence-corrected chi connectivity index (χ2v) is 16.2. The van der Waals surface area contributed by atoms with Gasteiger partial charge >= 0.3 is 11.9 Å². The number of hydrogen-bond donors (Lipinski definition) is 2. The molecular weight excluding hydrogens is 768 g/mol. The van der Waals surface area contributed by atoms with Crippen LogP contribution in [-0.4, -0.2) is 109 Å². The number of esters is 2. The molecule has 1 aromatic heterocycles. The molecule has 3 N–H and O–H groups in total. The lowest BCUT2D eigenvalue weighted by Crippen LogP contribution is -2.53. The average Bonchev–Trinajstić information content (AvgIpc) is 3.89. The van der Waals surface area contributed by atoms with Crippen molar-refractivity contribution < 1.29 is 48.0 Å².